The molecular formula is C24H27ClN4O. The van der Waals surface area contributed by atoms with Crippen molar-refractivity contribution in [2.24, 2.45) is 0 Å². The van der Waals surface area contributed by atoms with Crippen LogP contribution in [0.5, 0.6) is 0 Å². The Balaban J connectivity index is 1.33. The van der Waals surface area contributed by atoms with Crippen LogP contribution in [0.2, 0.25) is 5.02 Å². The molecule has 2 aromatic carbocycles. The normalized spacial score (nSPS) is 15.2. The molecule has 1 atom stereocenters. The number of nitrogens with one attached hydrogen (secondary N) is 1. The molecule has 30 heavy (non-hydrogen) atoms. The van der Waals surface area contributed by atoms with Gasteiger partial charge in [-0.3, -0.25) is 9.69 Å². The highest BCUT2D eigenvalue weighted by Gasteiger charge is 2.25. The van der Waals surface area contributed by atoms with E-state index in [9.17, 15) is 4.79 Å². The molecule has 1 saturated heterocycles. The van der Waals surface area contributed by atoms with Crippen LogP contribution in [0, 0.1) is 0 Å². The summed E-state index contributed by atoms with van der Waals surface area (Å²) >= 11 is 6.46. The molecule has 2 heterocycles. The molecule has 5 nitrogen and oxygen atoms in total. The highest BCUT2D eigenvalue weighted by atomic mass is 35.5. The van der Waals surface area contributed by atoms with Crippen LogP contribution >= 0.6 is 11.6 Å². The van der Waals surface area contributed by atoms with E-state index in [1.54, 1.807) is 0 Å². The molecule has 156 valence electrons. The Morgan fingerprint density at radius 2 is 1.80 bits per heavy atom. The van der Waals surface area contributed by atoms with Crippen molar-refractivity contribution in [2.45, 2.75) is 31.7 Å². The molecule has 6 heteroatoms. The first kappa shape index (κ1) is 20.6. The van der Waals surface area contributed by atoms with Gasteiger partial charge in [-0.25, -0.2) is 4.68 Å². The summed E-state index contributed by atoms with van der Waals surface area (Å²) in [5, 5.41) is 8.29. The monoisotopic (exact) mass is 422 g/mol. The quantitative estimate of drug-likeness (QED) is 0.585. The molecule has 1 unspecified atom stereocenters. The van der Waals surface area contributed by atoms with Crippen LogP contribution < -0.4 is 5.32 Å². The molecule has 0 radical (unpaired) electrons. The number of amides is 1. The lowest BCUT2D eigenvalue weighted by atomic mass is 10.1. The van der Waals surface area contributed by atoms with E-state index in [2.05, 4.69) is 21.4 Å². The zero-order valence-corrected chi connectivity index (χ0v) is 17.8. The summed E-state index contributed by atoms with van der Waals surface area (Å²) in [5.41, 5.74) is 3.16. The van der Waals surface area contributed by atoms with Crippen LogP contribution in [-0.4, -0.2) is 40.2 Å². The first-order valence-electron chi connectivity index (χ1n) is 10.5. The summed E-state index contributed by atoms with van der Waals surface area (Å²) in [6, 6.07) is 18.0. The molecule has 3 aromatic rings. The number of carbonyl (C=O) groups excluding carboxylic acids is 1. The van der Waals surface area contributed by atoms with Gasteiger partial charge < -0.3 is 5.32 Å². The zero-order chi connectivity index (χ0) is 20.8. The highest BCUT2D eigenvalue weighted by molar-refractivity contribution is 6.31. The van der Waals surface area contributed by atoms with Crippen molar-refractivity contribution >= 4 is 17.5 Å². The molecule has 0 aliphatic carbocycles. The smallest absolute Gasteiger partial charge is 0.220 e. The van der Waals surface area contributed by atoms with Crippen molar-refractivity contribution in [3.8, 4) is 5.69 Å². The van der Waals surface area contributed by atoms with Crippen LogP contribution in [0.4, 0.5) is 0 Å². The lowest BCUT2D eigenvalue weighted by Crippen LogP contribution is -2.37. The second-order valence-corrected chi connectivity index (χ2v) is 8.12. The Morgan fingerprint density at radius 1 is 1.07 bits per heavy atom. The maximum Gasteiger partial charge on any atom is 0.220 e. The average molecular weight is 423 g/mol. The molecular weight excluding hydrogens is 396 g/mol. The van der Waals surface area contributed by atoms with Gasteiger partial charge in [-0.05, 0) is 61.7 Å². The van der Waals surface area contributed by atoms with Crippen molar-refractivity contribution in [3.05, 3.63) is 83.1 Å². The van der Waals surface area contributed by atoms with Gasteiger partial charge in [0, 0.05) is 24.2 Å². The van der Waals surface area contributed by atoms with E-state index in [-0.39, 0.29) is 11.9 Å². The predicted octanol–water partition coefficient (Wildman–Crippen LogP) is 4.41. The first-order chi connectivity index (χ1) is 14.7. The van der Waals surface area contributed by atoms with E-state index in [1.807, 2.05) is 65.6 Å². The van der Waals surface area contributed by atoms with Crippen LogP contribution in [0.1, 0.15) is 36.4 Å². The summed E-state index contributed by atoms with van der Waals surface area (Å²) in [6.45, 7) is 2.67. The van der Waals surface area contributed by atoms with E-state index in [0.29, 0.717) is 19.4 Å². The van der Waals surface area contributed by atoms with Gasteiger partial charge in [-0.2, -0.15) is 5.10 Å². The van der Waals surface area contributed by atoms with Gasteiger partial charge in [0.2, 0.25) is 5.91 Å². The van der Waals surface area contributed by atoms with Gasteiger partial charge in [0.1, 0.15) is 0 Å². The Hall–Kier alpha value is -2.63. The van der Waals surface area contributed by atoms with Gasteiger partial charge in [-0.15, -0.1) is 0 Å². The van der Waals surface area contributed by atoms with Gasteiger partial charge in [0.05, 0.1) is 17.9 Å². The van der Waals surface area contributed by atoms with Crippen LogP contribution in [0.3, 0.4) is 0 Å². The number of nitrogens with zero attached hydrogens (tertiary/aromatic N) is 3. The fourth-order valence-corrected chi connectivity index (χ4v) is 4.26. The van der Waals surface area contributed by atoms with Gasteiger partial charge in [-0.1, -0.05) is 48.0 Å². The van der Waals surface area contributed by atoms with Crippen LogP contribution in [-0.2, 0) is 11.2 Å². The second-order valence-electron chi connectivity index (χ2n) is 7.71. The Kier molecular flexibility index (Phi) is 6.82. The van der Waals surface area contributed by atoms with E-state index >= 15 is 0 Å². The number of para-hydroxylation sites is 1. The number of halogens is 1. The lowest BCUT2D eigenvalue weighted by molar-refractivity contribution is -0.121. The first-order valence-corrected chi connectivity index (χ1v) is 10.9. The summed E-state index contributed by atoms with van der Waals surface area (Å²) in [5.74, 6) is 0.0544. The van der Waals surface area contributed by atoms with E-state index < -0.39 is 0 Å². The second kappa shape index (κ2) is 9.92. The summed E-state index contributed by atoms with van der Waals surface area (Å²) in [4.78, 5) is 15.0. The molecule has 1 N–H and O–H groups in total. The Bertz CT molecular complexity index is 966. The SMILES string of the molecule is O=C(CCc1cnn(-c2ccccc2)c1)NCC(c1ccccc1Cl)N1CCCC1. The fourth-order valence-electron chi connectivity index (χ4n) is 4.00. The fraction of sp³-hybridized carbons (Fsp3) is 0.333. The van der Waals surface area contributed by atoms with Crippen molar-refractivity contribution < 1.29 is 4.79 Å². The molecule has 0 saturated carbocycles. The minimum Gasteiger partial charge on any atom is -0.354 e. The largest absolute Gasteiger partial charge is 0.354 e. The standard InChI is InChI=1S/C24H27ClN4O/c25-22-11-5-4-10-21(22)23(28-14-6-7-15-28)17-26-24(30)13-12-19-16-27-29(18-19)20-8-2-1-3-9-20/h1-5,8-11,16,18,23H,6-7,12-15,17H2,(H,26,30). The third-order valence-electron chi connectivity index (χ3n) is 5.64. The minimum atomic E-state index is 0.0544. The number of likely N-dealkylation sites (tertiary alicyclic amines) is 1. The Morgan fingerprint density at radius 3 is 2.57 bits per heavy atom. The minimum absolute atomic E-state index is 0.0544. The lowest BCUT2D eigenvalue weighted by Gasteiger charge is -2.29. The number of hydrogen-bond acceptors (Lipinski definition) is 3. The van der Waals surface area contributed by atoms with Crippen molar-refractivity contribution in [2.75, 3.05) is 19.6 Å². The zero-order valence-electron chi connectivity index (χ0n) is 17.0. The molecule has 1 aliphatic heterocycles. The molecule has 4 rings (SSSR count). The van der Waals surface area contributed by atoms with Crippen LogP contribution in [0.15, 0.2) is 67.0 Å². The summed E-state index contributed by atoms with van der Waals surface area (Å²) in [7, 11) is 0. The molecule has 1 aliphatic rings. The van der Waals surface area contributed by atoms with Gasteiger partial charge >= 0.3 is 0 Å². The number of aromatic nitrogens is 2. The predicted molar refractivity (Wildman–Crippen MR) is 120 cm³/mol. The molecule has 0 spiro atoms. The Labute approximate surface area is 182 Å². The van der Waals surface area contributed by atoms with E-state index in [0.717, 1.165) is 34.9 Å². The maximum absolute atomic E-state index is 12.5. The number of hydrogen-bond donors (Lipinski definition) is 1. The van der Waals surface area contributed by atoms with Gasteiger partial charge in [0.25, 0.3) is 0 Å². The molecule has 0 bridgehead atoms. The maximum atomic E-state index is 12.5. The number of benzene rings is 2. The third-order valence-corrected chi connectivity index (χ3v) is 5.98. The third kappa shape index (κ3) is 5.10. The number of carbonyl (C=O) groups is 1. The highest BCUT2D eigenvalue weighted by Crippen LogP contribution is 2.29. The molecule has 1 amide bonds. The topological polar surface area (TPSA) is 50.2 Å². The molecule has 1 aromatic heterocycles. The average Bonchev–Trinajstić information content (AvgIpc) is 3.47. The van der Waals surface area contributed by atoms with E-state index in [4.69, 9.17) is 11.6 Å². The van der Waals surface area contributed by atoms with Crippen molar-refractivity contribution in [1.29, 1.82) is 0 Å². The van der Waals surface area contributed by atoms with Crippen molar-refractivity contribution in [3.63, 3.8) is 0 Å². The van der Waals surface area contributed by atoms with Crippen molar-refractivity contribution in [1.82, 2.24) is 20.0 Å². The number of aryl methyl sites for hydroxylation is 1. The molecule has 1 fully saturated rings. The summed E-state index contributed by atoms with van der Waals surface area (Å²) in [6.07, 6.45) is 7.31. The van der Waals surface area contributed by atoms with Crippen LogP contribution in [0.25, 0.3) is 5.69 Å². The summed E-state index contributed by atoms with van der Waals surface area (Å²) < 4.78 is 1.84. The van der Waals surface area contributed by atoms with Gasteiger partial charge in [0.15, 0.2) is 0 Å². The van der Waals surface area contributed by atoms with E-state index in [1.165, 1.54) is 12.8 Å². The number of rotatable bonds is 8.